The molecule has 0 aromatic heterocycles. The van der Waals surface area contributed by atoms with Gasteiger partial charge < -0.3 is 5.11 Å². The van der Waals surface area contributed by atoms with Crippen molar-refractivity contribution in [2.75, 3.05) is 12.9 Å². The zero-order valence-electron chi connectivity index (χ0n) is 7.70. The first kappa shape index (κ1) is 11.7. The summed E-state index contributed by atoms with van der Waals surface area (Å²) in [6, 6.07) is 4.93. The van der Waals surface area contributed by atoms with Crippen molar-refractivity contribution in [2.45, 2.75) is 11.3 Å². The van der Waals surface area contributed by atoms with Crippen LogP contribution in [0.25, 0.3) is 0 Å². The van der Waals surface area contributed by atoms with Crippen LogP contribution in [0.5, 0.6) is 0 Å². The zero-order valence-corrected chi connectivity index (χ0v) is 10.1. The molecule has 0 radical (unpaired) electrons. The third-order valence-electron chi connectivity index (χ3n) is 1.76. The summed E-state index contributed by atoms with van der Waals surface area (Å²) in [5, 5.41) is 8.74. The number of hydrogen-bond donors (Lipinski definition) is 1. The van der Waals surface area contributed by atoms with Gasteiger partial charge in [0.05, 0.1) is 4.90 Å². The van der Waals surface area contributed by atoms with Crippen LogP contribution in [0.2, 0.25) is 0 Å². The molecule has 3 nitrogen and oxygen atoms in total. The van der Waals surface area contributed by atoms with Gasteiger partial charge in [0.25, 0.3) is 0 Å². The second-order valence-electron chi connectivity index (χ2n) is 3.04. The molecule has 0 aliphatic rings. The Morgan fingerprint density at radius 2 is 2.00 bits per heavy atom. The Balaban J connectivity index is 3.21. The first-order chi connectivity index (χ1) is 6.43. The largest absolute Gasteiger partial charge is 0.396 e. The highest BCUT2D eigenvalue weighted by Gasteiger charge is 2.08. The summed E-state index contributed by atoms with van der Waals surface area (Å²) in [7, 11) is -3.18. The number of aliphatic hydroxyl groups excluding tert-OH is 1. The third kappa shape index (κ3) is 3.08. The predicted molar refractivity (Wildman–Crippen MR) is 58.0 cm³/mol. The second kappa shape index (κ2) is 4.42. The number of aliphatic hydroxyl groups is 1. The summed E-state index contributed by atoms with van der Waals surface area (Å²) in [6.45, 7) is 0.0135. The SMILES string of the molecule is CS(=O)(=O)c1cc(Br)cc(CCO)c1. The highest BCUT2D eigenvalue weighted by atomic mass is 79.9. The summed E-state index contributed by atoms with van der Waals surface area (Å²) in [5.41, 5.74) is 0.808. The molecule has 5 heteroatoms. The van der Waals surface area contributed by atoms with E-state index in [0.717, 1.165) is 11.8 Å². The molecule has 0 heterocycles. The number of benzene rings is 1. The van der Waals surface area contributed by atoms with Gasteiger partial charge in [0.2, 0.25) is 0 Å². The smallest absolute Gasteiger partial charge is 0.175 e. The average molecular weight is 279 g/mol. The van der Waals surface area contributed by atoms with Crippen molar-refractivity contribution in [3.63, 3.8) is 0 Å². The standard InChI is InChI=1S/C9H11BrO3S/c1-14(12,13)9-5-7(2-3-11)4-8(10)6-9/h4-6,11H,2-3H2,1H3. The van der Waals surface area contributed by atoms with E-state index < -0.39 is 9.84 Å². The fourth-order valence-electron chi connectivity index (χ4n) is 1.11. The van der Waals surface area contributed by atoms with E-state index in [1.807, 2.05) is 0 Å². The molecule has 0 unspecified atom stereocenters. The Morgan fingerprint density at radius 3 is 2.50 bits per heavy atom. The Bertz CT molecular complexity index is 426. The maximum absolute atomic E-state index is 11.3. The van der Waals surface area contributed by atoms with Crippen LogP contribution in [0.1, 0.15) is 5.56 Å². The summed E-state index contributed by atoms with van der Waals surface area (Å²) < 4.78 is 23.2. The maximum Gasteiger partial charge on any atom is 0.175 e. The Labute approximate surface area is 91.8 Å². The molecule has 0 amide bonds. The highest BCUT2D eigenvalue weighted by Crippen LogP contribution is 2.19. The molecule has 0 spiro atoms. The van der Waals surface area contributed by atoms with Crippen LogP contribution in [0.3, 0.4) is 0 Å². The van der Waals surface area contributed by atoms with E-state index >= 15 is 0 Å². The molecule has 0 fully saturated rings. The number of hydrogen-bond acceptors (Lipinski definition) is 3. The molecule has 0 aliphatic heterocycles. The number of sulfone groups is 1. The minimum absolute atomic E-state index is 0.0135. The molecule has 1 rings (SSSR count). The molecule has 0 saturated heterocycles. The fourth-order valence-corrected chi connectivity index (χ4v) is 2.51. The Hall–Kier alpha value is -0.390. The molecule has 0 bridgehead atoms. The maximum atomic E-state index is 11.3. The van der Waals surface area contributed by atoms with E-state index in [4.69, 9.17) is 5.11 Å². The molecule has 0 aliphatic carbocycles. The van der Waals surface area contributed by atoms with Crippen molar-refractivity contribution in [3.05, 3.63) is 28.2 Å². The lowest BCUT2D eigenvalue weighted by molar-refractivity contribution is 0.299. The van der Waals surface area contributed by atoms with Gasteiger partial charge in [0.15, 0.2) is 9.84 Å². The lowest BCUT2D eigenvalue weighted by atomic mass is 10.2. The third-order valence-corrected chi connectivity index (χ3v) is 3.31. The summed E-state index contributed by atoms with van der Waals surface area (Å²) >= 11 is 3.23. The van der Waals surface area contributed by atoms with Crippen LogP contribution in [-0.2, 0) is 16.3 Å². The van der Waals surface area contributed by atoms with E-state index in [1.165, 1.54) is 0 Å². The minimum Gasteiger partial charge on any atom is -0.396 e. The van der Waals surface area contributed by atoms with Gasteiger partial charge in [-0.15, -0.1) is 0 Å². The number of halogens is 1. The normalized spacial score (nSPS) is 11.6. The lowest BCUT2D eigenvalue weighted by Crippen LogP contribution is -1.99. The topological polar surface area (TPSA) is 54.4 Å². The van der Waals surface area contributed by atoms with Crippen LogP contribution < -0.4 is 0 Å². The molecule has 0 saturated carbocycles. The summed E-state index contributed by atoms with van der Waals surface area (Å²) in [4.78, 5) is 0.273. The summed E-state index contributed by atoms with van der Waals surface area (Å²) in [6.07, 6.45) is 1.62. The highest BCUT2D eigenvalue weighted by molar-refractivity contribution is 9.10. The van der Waals surface area contributed by atoms with Crippen molar-refractivity contribution in [2.24, 2.45) is 0 Å². The van der Waals surface area contributed by atoms with Crippen LogP contribution in [0.4, 0.5) is 0 Å². The van der Waals surface area contributed by atoms with Crippen molar-refractivity contribution in [1.82, 2.24) is 0 Å². The number of rotatable bonds is 3. The van der Waals surface area contributed by atoms with Crippen LogP contribution in [0, 0.1) is 0 Å². The molecule has 1 N–H and O–H groups in total. The zero-order chi connectivity index (χ0) is 10.8. The molecule has 1 aromatic rings. The molecule has 78 valence electrons. The summed E-state index contributed by atoms with van der Waals surface area (Å²) in [5.74, 6) is 0. The first-order valence-electron chi connectivity index (χ1n) is 4.04. The van der Waals surface area contributed by atoms with Crippen molar-refractivity contribution < 1.29 is 13.5 Å². The van der Waals surface area contributed by atoms with Crippen molar-refractivity contribution >= 4 is 25.8 Å². The van der Waals surface area contributed by atoms with Gasteiger partial charge in [-0.25, -0.2) is 8.42 Å². The monoisotopic (exact) mass is 278 g/mol. The molecule has 1 aromatic carbocycles. The lowest BCUT2D eigenvalue weighted by Gasteiger charge is -2.03. The molecule has 14 heavy (non-hydrogen) atoms. The quantitative estimate of drug-likeness (QED) is 0.909. The Morgan fingerprint density at radius 1 is 1.36 bits per heavy atom. The second-order valence-corrected chi connectivity index (χ2v) is 5.97. The van der Waals surface area contributed by atoms with Crippen molar-refractivity contribution in [1.29, 1.82) is 0 Å². The first-order valence-corrected chi connectivity index (χ1v) is 6.72. The molecular weight excluding hydrogens is 268 g/mol. The van der Waals surface area contributed by atoms with E-state index in [2.05, 4.69) is 15.9 Å². The van der Waals surface area contributed by atoms with Crippen LogP contribution >= 0.6 is 15.9 Å². The van der Waals surface area contributed by atoms with Gasteiger partial charge >= 0.3 is 0 Å². The van der Waals surface area contributed by atoms with Gasteiger partial charge in [-0.05, 0) is 30.2 Å². The van der Waals surface area contributed by atoms with E-state index in [-0.39, 0.29) is 11.5 Å². The van der Waals surface area contributed by atoms with Crippen molar-refractivity contribution in [3.8, 4) is 0 Å². The van der Waals surface area contributed by atoms with Gasteiger partial charge in [-0.1, -0.05) is 15.9 Å². The predicted octanol–water partition coefficient (Wildman–Crippen LogP) is 1.39. The minimum atomic E-state index is -3.18. The van der Waals surface area contributed by atoms with E-state index in [0.29, 0.717) is 10.9 Å². The van der Waals surface area contributed by atoms with Gasteiger partial charge in [-0.3, -0.25) is 0 Å². The Kier molecular flexibility index (Phi) is 3.69. The molecular formula is C9H11BrO3S. The van der Waals surface area contributed by atoms with Crippen LogP contribution in [0.15, 0.2) is 27.6 Å². The van der Waals surface area contributed by atoms with E-state index in [9.17, 15) is 8.42 Å². The fraction of sp³-hybridized carbons (Fsp3) is 0.333. The molecule has 0 atom stereocenters. The van der Waals surface area contributed by atoms with Gasteiger partial charge in [0, 0.05) is 17.3 Å². The van der Waals surface area contributed by atoms with Gasteiger partial charge in [-0.2, -0.15) is 0 Å². The van der Waals surface area contributed by atoms with Gasteiger partial charge in [0.1, 0.15) is 0 Å². The van der Waals surface area contributed by atoms with E-state index in [1.54, 1.807) is 18.2 Å². The average Bonchev–Trinajstić information content (AvgIpc) is 2.02. The van der Waals surface area contributed by atoms with Crippen LogP contribution in [-0.4, -0.2) is 26.4 Å².